The number of allylic oxidation sites excluding steroid dienone is 2. The van der Waals surface area contributed by atoms with E-state index < -0.39 is 0 Å². The molecule has 0 aliphatic rings. The number of hydrogen-bond acceptors (Lipinski definition) is 3. The van der Waals surface area contributed by atoms with Gasteiger partial charge < -0.3 is 0 Å². The van der Waals surface area contributed by atoms with Gasteiger partial charge in [0, 0.05) is 17.8 Å². The molecule has 32 heavy (non-hydrogen) atoms. The Labute approximate surface area is 186 Å². The first-order valence-corrected chi connectivity index (χ1v) is 10.5. The Morgan fingerprint density at radius 1 is 0.875 bits per heavy atom. The minimum absolute atomic E-state index is 0.622. The van der Waals surface area contributed by atoms with Gasteiger partial charge in [0.1, 0.15) is 5.52 Å². The predicted octanol–water partition coefficient (Wildman–Crippen LogP) is 4.60. The molecule has 0 aliphatic carbocycles. The Bertz CT molecular complexity index is 1390. The van der Waals surface area contributed by atoms with Crippen molar-refractivity contribution >= 4 is 34.5 Å². The predicted molar refractivity (Wildman–Crippen MR) is 128 cm³/mol. The number of hydrogen-bond donors (Lipinski definition) is 0. The number of rotatable bonds is 7. The summed E-state index contributed by atoms with van der Waals surface area (Å²) in [6.07, 6.45) is 11.7. The number of nitrogens with zero attached hydrogens (tertiary/aromatic N) is 6. The third-order valence-electron chi connectivity index (χ3n) is 5.27. The zero-order valence-electron chi connectivity index (χ0n) is 17.7. The Morgan fingerprint density at radius 3 is 2.38 bits per heavy atom. The topological polar surface area (TPSA) is 52.4 Å². The van der Waals surface area contributed by atoms with E-state index in [1.807, 2.05) is 83.8 Å². The molecule has 0 fully saturated rings. The molecule has 0 spiro atoms. The van der Waals surface area contributed by atoms with Crippen LogP contribution in [0.25, 0.3) is 40.2 Å². The van der Waals surface area contributed by atoms with Crippen molar-refractivity contribution in [3.8, 4) is 5.69 Å². The van der Waals surface area contributed by atoms with Gasteiger partial charge in [-0.15, -0.1) is 0 Å². The number of aromatic nitrogens is 6. The van der Waals surface area contributed by atoms with Crippen LogP contribution in [0.4, 0.5) is 0 Å². The summed E-state index contributed by atoms with van der Waals surface area (Å²) in [4.78, 5) is 9.81. The zero-order chi connectivity index (χ0) is 21.9. The van der Waals surface area contributed by atoms with Gasteiger partial charge in [0.2, 0.25) is 5.82 Å². The van der Waals surface area contributed by atoms with E-state index in [-0.39, 0.29) is 0 Å². The molecule has 0 N–H and O–H groups in total. The molecule has 0 bridgehead atoms. The third-order valence-corrected chi connectivity index (χ3v) is 5.27. The van der Waals surface area contributed by atoms with E-state index in [0.29, 0.717) is 13.1 Å². The lowest BCUT2D eigenvalue weighted by Gasteiger charge is -2.00. The first kappa shape index (κ1) is 19.6. The molecule has 5 rings (SSSR count). The molecular weight excluding hydrogens is 396 g/mol. The molecule has 0 atom stereocenters. The van der Waals surface area contributed by atoms with E-state index >= 15 is 0 Å². The fourth-order valence-corrected chi connectivity index (χ4v) is 3.82. The Balaban J connectivity index is 1.63. The van der Waals surface area contributed by atoms with Gasteiger partial charge in [0.25, 0.3) is 5.65 Å². The molecule has 0 saturated heterocycles. The van der Waals surface area contributed by atoms with Crippen LogP contribution < -0.4 is 4.57 Å². The second-order valence-electron chi connectivity index (χ2n) is 7.40. The summed E-state index contributed by atoms with van der Waals surface area (Å²) >= 11 is 0. The summed E-state index contributed by atoms with van der Waals surface area (Å²) in [5, 5.41) is 4.49. The van der Waals surface area contributed by atoms with E-state index in [1.165, 1.54) is 0 Å². The van der Waals surface area contributed by atoms with Crippen LogP contribution in [0.2, 0.25) is 0 Å². The van der Waals surface area contributed by atoms with Crippen LogP contribution in [0.15, 0.2) is 92.3 Å². The number of imidazole rings is 1. The lowest BCUT2D eigenvalue weighted by Crippen LogP contribution is -2.36. The van der Waals surface area contributed by atoms with Crippen molar-refractivity contribution < 1.29 is 4.57 Å². The molecule has 0 amide bonds. The maximum atomic E-state index is 4.91. The fourth-order valence-electron chi connectivity index (χ4n) is 3.82. The van der Waals surface area contributed by atoms with Crippen LogP contribution >= 0.6 is 0 Å². The van der Waals surface area contributed by atoms with E-state index in [0.717, 1.165) is 39.4 Å². The molecule has 5 aromatic rings. The van der Waals surface area contributed by atoms with Crippen molar-refractivity contribution in [3.63, 3.8) is 0 Å². The summed E-state index contributed by atoms with van der Waals surface area (Å²) in [7, 11) is 0. The summed E-state index contributed by atoms with van der Waals surface area (Å²) in [6.45, 7) is 9.12. The molecule has 3 heterocycles. The monoisotopic (exact) mass is 419 g/mol. The van der Waals surface area contributed by atoms with E-state index in [9.17, 15) is 0 Å². The van der Waals surface area contributed by atoms with Crippen LogP contribution in [-0.2, 0) is 13.1 Å². The van der Waals surface area contributed by atoms with E-state index in [2.05, 4.69) is 39.5 Å². The molecule has 3 aromatic heterocycles. The molecule has 6 heteroatoms. The highest BCUT2D eigenvalue weighted by Gasteiger charge is 2.24. The van der Waals surface area contributed by atoms with Gasteiger partial charge >= 0.3 is 5.65 Å². The lowest BCUT2D eigenvalue weighted by molar-refractivity contribution is -0.665. The van der Waals surface area contributed by atoms with Gasteiger partial charge in [0.15, 0.2) is 5.52 Å². The highest BCUT2D eigenvalue weighted by molar-refractivity contribution is 5.82. The van der Waals surface area contributed by atoms with Crippen molar-refractivity contribution in [3.05, 3.63) is 104 Å². The molecule has 0 radical (unpaired) electrons. The van der Waals surface area contributed by atoms with Gasteiger partial charge in [-0.2, -0.15) is 5.10 Å². The smallest absolute Gasteiger partial charge is 0.240 e. The number of para-hydroxylation sites is 3. The Kier molecular flexibility index (Phi) is 5.17. The molecule has 156 valence electrons. The summed E-state index contributed by atoms with van der Waals surface area (Å²) in [5.41, 5.74) is 5.41. The third kappa shape index (κ3) is 3.52. The minimum atomic E-state index is 0.622. The minimum Gasteiger partial charge on any atom is -0.240 e. The molecule has 0 aliphatic heterocycles. The van der Waals surface area contributed by atoms with Crippen molar-refractivity contribution in [1.29, 1.82) is 0 Å². The normalized spacial score (nSPS) is 11.5. The average Bonchev–Trinajstić information content (AvgIpc) is 3.41. The first-order chi connectivity index (χ1) is 15.8. The molecule has 2 aromatic carbocycles. The molecule has 0 unspecified atom stereocenters. The van der Waals surface area contributed by atoms with Crippen LogP contribution in [-0.4, -0.2) is 24.3 Å². The van der Waals surface area contributed by atoms with Crippen molar-refractivity contribution in [2.75, 3.05) is 0 Å². The molecule has 0 saturated carbocycles. The summed E-state index contributed by atoms with van der Waals surface area (Å²) in [5.74, 6) is 0.975. The number of fused-ring (bicyclic) bond motifs is 2. The van der Waals surface area contributed by atoms with E-state index in [4.69, 9.17) is 9.97 Å². The van der Waals surface area contributed by atoms with Gasteiger partial charge in [-0.3, -0.25) is 0 Å². The maximum Gasteiger partial charge on any atom is 0.323 e. The highest BCUT2D eigenvalue weighted by Crippen LogP contribution is 2.18. The molecule has 6 nitrogen and oxygen atoms in total. The second-order valence-corrected chi connectivity index (χ2v) is 7.40. The maximum absolute atomic E-state index is 4.91. The van der Waals surface area contributed by atoms with E-state index in [1.54, 1.807) is 0 Å². The Hall–Kier alpha value is -4.32. The SMILES string of the molecule is C=CCn1c(C=Cc2cnn(-c3ccccc3)c2)[n+](CC=C)c2nc3ccccc3nc21. The van der Waals surface area contributed by atoms with Crippen LogP contribution in [0, 0.1) is 0 Å². The van der Waals surface area contributed by atoms with Gasteiger partial charge in [-0.05, 0) is 30.3 Å². The van der Waals surface area contributed by atoms with Crippen molar-refractivity contribution in [2.24, 2.45) is 0 Å². The van der Waals surface area contributed by atoms with Crippen LogP contribution in [0.5, 0.6) is 0 Å². The highest BCUT2D eigenvalue weighted by atomic mass is 15.3. The summed E-state index contributed by atoms with van der Waals surface area (Å²) in [6, 6.07) is 18.0. The van der Waals surface area contributed by atoms with Gasteiger partial charge in [0.05, 0.1) is 25.0 Å². The van der Waals surface area contributed by atoms with Crippen LogP contribution in [0.1, 0.15) is 11.4 Å². The average molecular weight is 420 g/mol. The number of benzene rings is 2. The van der Waals surface area contributed by atoms with Crippen LogP contribution in [0.3, 0.4) is 0 Å². The second kappa shape index (κ2) is 8.43. The fraction of sp³-hybridized carbons (Fsp3) is 0.0769. The van der Waals surface area contributed by atoms with Crippen molar-refractivity contribution in [2.45, 2.75) is 13.1 Å². The summed E-state index contributed by atoms with van der Waals surface area (Å²) < 4.78 is 6.12. The standard InChI is InChI=1S/C26H23N6/c1-3-16-30-24(15-14-20-18-27-32(19-20)21-10-6-5-7-11-21)31(17-4-2)26-25(30)28-22-12-8-9-13-23(22)29-26/h3-15,18-19H,1-2,16-17H2/q+1. The van der Waals surface area contributed by atoms with Gasteiger partial charge in [-0.1, -0.05) is 60.6 Å². The van der Waals surface area contributed by atoms with Gasteiger partial charge in [-0.25, -0.2) is 18.8 Å². The largest absolute Gasteiger partial charge is 0.323 e. The Morgan fingerprint density at radius 2 is 1.62 bits per heavy atom. The first-order valence-electron chi connectivity index (χ1n) is 10.5. The van der Waals surface area contributed by atoms with Crippen molar-refractivity contribution in [1.82, 2.24) is 24.3 Å². The zero-order valence-corrected chi connectivity index (χ0v) is 17.7. The molecular formula is C26H23N6+. The lowest BCUT2D eigenvalue weighted by atomic mass is 10.3. The quantitative estimate of drug-likeness (QED) is 0.286.